The summed E-state index contributed by atoms with van der Waals surface area (Å²) in [5.74, 6) is 1.48. The second kappa shape index (κ2) is 9.51. The van der Waals surface area contributed by atoms with Gasteiger partial charge in [0.15, 0.2) is 0 Å². The molecule has 172 valence electrons. The zero-order valence-electron chi connectivity index (χ0n) is 17.2. The van der Waals surface area contributed by atoms with Gasteiger partial charge in [0.1, 0.15) is 18.2 Å². The van der Waals surface area contributed by atoms with Gasteiger partial charge in [-0.15, -0.1) is 18.3 Å². The normalized spacial score (nSPS) is 19.3. The molecule has 1 aromatic carbocycles. The van der Waals surface area contributed by atoms with Gasteiger partial charge in [-0.1, -0.05) is 6.07 Å². The van der Waals surface area contributed by atoms with Crippen LogP contribution in [0.25, 0.3) is 0 Å². The van der Waals surface area contributed by atoms with E-state index in [0.717, 1.165) is 37.8 Å². The fraction of sp³-hybridized carbons (Fsp3) is 0.429. The third-order valence-corrected chi connectivity index (χ3v) is 5.27. The van der Waals surface area contributed by atoms with Crippen LogP contribution in [0.15, 0.2) is 47.7 Å². The van der Waals surface area contributed by atoms with Crippen LogP contribution in [0.4, 0.5) is 24.7 Å². The van der Waals surface area contributed by atoms with Gasteiger partial charge in [0.25, 0.3) is 0 Å². The first kappa shape index (κ1) is 22.0. The van der Waals surface area contributed by atoms with Gasteiger partial charge in [-0.25, -0.2) is 4.98 Å². The summed E-state index contributed by atoms with van der Waals surface area (Å²) in [6.07, 6.45) is -1.65. The molecule has 0 saturated carbocycles. The predicted molar refractivity (Wildman–Crippen MR) is 112 cm³/mol. The molecular formula is C21H24F3N5O3. The molecule has 0 aliphatic carbocycles. The molecule has 2 aliphatic heterocycles. The zero-order chi connectivity index (χ0) is 22.6. The van der Waals surface area contributed by atoms with Crippen LogP contribution >= 0.6 is 0 Å². The van der Waals surface area contributed by atoms with Crippen molar-refractivity contribution in [1.29, 1.82) is 0 Å². The van der Waals surface area contributed by atoms with Crippen LogP contribution in [0.2, 0.25) is 0 Å². The minimum absolute atomic E-state index is 0.0141. The van der Waals surface area contributed by atoms with Gasteiger partial charge in [0, 0.05) is 36.5 Å². The quantitative estimate of drug-likeness (QED) is 0.624. The fourth-order valence-electron chi connectivity index (χ4n) is 3.67. The summed E-state index contributed by atoms with van der Waals surface area (Å²) in [5.41, 5.74) is 9.44. The van der Waals surface area contributed by atoms with Gasteiger partial charge in [0.2, 0.25) is 12.1 Å². The van der Waals surface area contributed by atoms with Crippen molar-refractivity contribution in [2.45, 2.75) is 32.0 Å². The summed E-state index contributed by atoms with van der Waals surface area (Å²) >= 11 is 0. The average Bonchev–Trinajstić information content (AvgIpc) is 3.25. The Morgan fingerprint density at radius 1 is 1.19 bits per heavy atom. The number of anilines is 2. The lowest BCUT2D eigenvalue weighted by Gasteiger charge is -2.32. The molecule has 0 radical (unpaired) electrons. The number of aromatic nitrogens is 1. The molecule has 32 heavy (non-hydrogen) atoms. The van der Waals surface area contributed by atoms with E-state index in [-0.39, 0.29) is 24.9 Å². The summed E-state index contributed by atoms with van der Waals surface area (Å²) in [7, 11) is 0. The highest BCUT2D eigenvalue weighted by Crippen LogP contribution is 2.27. The lowest BCUT2D eigenvalue weighted by molar-refractivity contribution is -0.274. The van der Waals surface area contributed by atoms with Crippen molar-refractivity contribution in [1.82, 2.24) is 10.4 Å². The predicted octanol–water partition coefficient (Wildman–Crippen LogP) is 3.26. The molecule has 0 spiro atoms. The molecule has 2 aliphatic rings. The Morgan fingerprint density at radius 3 is 2.72 bits per heavy atom. The summed E-state index contributed by atoms with van der Waals surface area (Å²) in [6.45, 7) is 1.89. The molecule has 11 heteroatoms. The van der Waals surface area contributed by atoms with Gasteiger partial charge < -0.3 is 24.8 Å². The first-order chi connectivity index (χ1) is 15.4. The first-order valence-electron chi connectivity index (χ1n) is 10.2. The van der Waals surface area contributed by atoms with Crippen molar-refractivity contribution >= 4 is 17.4 Å². The highest BCUT2D eigenvalue weighted by molar-refractivity contribution is 5.80. The van der Waals surface area contributed by atoms with E-state index in [9.17, 15) is 13.2 Å². The SMILES string of the molecule is Nc1ccc(OC(F)(F)F)cc1COCC1NN=C(C2CCN(c3ccccn3)CC2)O1. The molecule has 1 atom stereocenters. The Balaban J connectivity index is 1.21. The number of nitrogens with one attached hydrogen (secondary N) is 1. The largest absolute Gasteiger partial charge is 0.573 e. The lowest BCUT2D eigenvalue weighted by Crippen LogP contribution is -2.37. The Hall–Kier alpha value is -3.21. The smallest absolute Gasteiger partial charge is 0.452 e. The van der Waals surface area contributed by atoms with Crippen LogP contribution in [0, 0.1) is 5.92 Å². The number of benzene rings is 1. The number of hydrazone groups is 1. The number of pyridine rings is 1. The molecule has 1 fully saturated rings. The topological polar surface area (TPSA) is 94.2 Å². The van der Waals surface area contributed by atoms with E-state index in [2.05, 4.69) is 25.1 Å². The molecule has 8 nitrogen and oxygen atoms in total. The number of piperidine rings is 1. The molecule has 1 saturated heterocycles. The fourth-order valence-corrected chi connectivity index (χ4v) is 3.67. The third kappa shape index (κ3) is 5.72. The van der Waals surface area contributed by atoms with Crippen molar-refractivity contribution in [2.75, 3.05) is 30.3 Å². The second-order valence-electron chi connectivity index (χ2n) is 7.56. The second-order valence-corrected chi connectivity index (χ2v) is 7.56. The standard InChI is InChI=1S/C21H24F3N5O3/c22-21(23,24)32-16-4-5-17(25)15(11-16)12-30-13-19-27-28-20(31-19)14-6-9-29(10-7-14)18-3-1-2-8-26-18/h1-5,8,11,14,19,27H,6-7,9-10,12-13,25H2. The van der Waals surface area contributed by atoms with E-state index < -0.39 is 12.6 Å². The molecule has 0 amide bonds. The average molecular weight is 451 g/mol. The van der Waals surface area contributed by atoms with Crippen molar-refractivity contribution in [3.63, 3.8) is 0 Å². The molecule has 2 aromatic rings. The van der Waals surface area contributed by atoms with Gasteiger partial charge >= 0.3 is 6.36 Å². The minimum atomic E-state index is -4.77. The van der Waals surface area contributed by atoms with Gasteiger partial charge in [-0.05, 0) is 43.2 Å². The molecule has 0 bridgehead atoms. The Bertz CT molecular complexity index is 934. The first-order valence-corrected chi connectivity index (χ1v) is 10.2. The van der Waals surface area contributed by atoms with E-state index >= 15 is 0 Å². The summed E-state index contributed by atoms with van der Waals surface area (Å²) in [6, 6.07) is 9.59. The summed E-state index contributed by atoms with van der Waals surface area (Å²) < 4.78 is 52.6. The molecule has 3 N–H and O–H groups in total. The van der Waals surface area contributed by atoms with E-state index in [4.69, 9.17) is 15.2 Å². The maximum absolute atomic E-state index is 12.4. The molecule has 4 rings (SSSR count). The van der Waals surface area contributed by atoms with Crippen LogP contribution in [-0.4, -0.2) is 43.2 Å². The number of nitrogens with two attached hydrogens (primary N) is 1. The van der Waals surface area contributed by atoms with Gasteiger partial charge in [-0.2, -0.15) is 0 Å². The molecule has 3 heterocycles. The van der Waals surface area contributed by atoms with Crippen molar-refractivity contribution < 1.29 is 27.4 Å². The third-order valence-electron chi connectivity index (χ3n) is 5.27. The number of ether oxygens (including phenoxy) is 3. The van der Waals surface area contributed by atoms with Crippen molar-refractivity contribution in [3.8, 4) is 5.75 Å². The molecular weight excluding hydrogens is 427 g/mol. The summed E-state index contributed by atoms with van der Waals surface area (Å²) in [5, 5.41) is 4.30. The maximum atomic E-state index is 12.4. The number of rotatable bonds is 7. The number of alkyl halides is 3. The summed E-state index contributed by atoms with van der Waals surface area (Å²) in [4.78, 5) is 6.62. The lowest BCUT2D eigenvalue weighted by atomic mass is 9.96. The number of nitrogen functional groups attached to an aromatic ring is 1. The zero-order valence-corrected chi connectivity index (χ0v) is 17.2. The number of halogens is 3. The highest BCUT2D eigenvalue weighted by Gasteiger charge is 2.32. The van der Waals surface area contributed by atoms with Crippen LogP contribution < -0.4 is 20.8 Å². The van der Waals surface area contributed by atoms with Crippen molar-refractivity contribution in [2.24, 2.45) is 11.0 Å². The minimum Gasteiger partial charge on any atom is -0.452 e. The number of hydrogen-bond donors (Lipinski definition) is 2. The van der Waals surface area contributed by atoms with Crippen LogP contribution in [0.3, 0.4) is 0 Å². The van der Waals surface area contributed by atoms with E-state index in [1.54, 1.807) is 6.20 Å². The molecule has 1 unspecified atom stereocenters. The van der Waals surface area contributed by atoms with Gasteiger partial charge in [0.05, 0.1) is 6.61 Å². The Kier molecular flexibility index (Phi) is 6.54. The van der Waals surface area contributed by atoms with Crippen LogP contribution in [-0.2, 0) is 16.1 Å². The maximum Gasteiger partial charge on any atom is 0.573 e. The van der Waals surface area contributed by atoms with Crippen LogP contribution in [0.5, 0.6) is 5.75 Å². The van der Waals surface area contributed by atoms with E-state index in [1.807, 2.05) is 18.2 Å². The number of nitrogens with zero attached hydrogens (tertiary/aromatic N) is 3. The van der Waals surface area contributed by atoms with E-state index in [1.165, 1.54) is 12.1 Å². The Morgan fingerprint density at radius 2 is 2.00 bits per heavy atom. The molecule has 1 aromatic heterocycles. The van der Waals surface area contributed by atoms with Crippen molar-refractivity contribution in [3.05, 3.63) is 48.2 Å². The van der Waals surface area contributed by atoms with Crippen LogP contribution in [0.1, 0.15) is 18.4 Å². The van der Waals surface area contributed by atoms with Gasteiger partial charge in [-0.3, -0.25) is 5.43 Å². The highest BCUT2D eigenvalue weighted by atomic mass is 19.4. The number of hydrogen-bond acceptors (Lipinski definition) is 8. The Labute approximate surface area is 183 Å². The monoisotopic (exact) mass is 451 g/mol. The van der Waals surface area contributed by atoms with E-state index in [0.29, 0.717) is 17.1 Å².